The quantitative estimate of drug-likeness (QED) is 0.0735. The molecule has 0 atom stereocenters. The molecule has 0 radical (unpaired) electrons. The van der Waals surface area contributed by atoms with Crippen LogP contribution < -0.4 is 9.47 Å². The second-order valence-corrected chi connectivity index (χ2v) is 14.4. The van der Waals surface area contributed by atoms with Gasteiger partial charge in [-0.15, -0.1) is 0 Å². The van der Waals surface area contributed by atoms with E-state index in [0.717, 1.165) is 12.8 Å². The molecule has 2 N–H and O–H groups in total. The van der Waals surface area contributed by atoms with Crippen molar-refractivity contribution in [2.45, 2.75) is 168 Å². The van der Waals surface area contributed by atoms with Crippen molar-refractivity contribution in [2.24, 2.45) is 9.98 Å². The first-order valence-corrected chi connectivity index (χ1v) is 19.1. The smallest absolute Gasteiger partial charge is 0.128 e. The Labute approximate surface area is 293 Å². The zero-order chi connectivity index (χ0) is 35.1. The summed E-state index contributed by atoms with van der Waals surface area (Å²) in [5.41, 5.74) is 0.0905. The Kier molecular flexibility index (Phi) is 20.0. The first-order valence-electron chi connectivity index (χ1n) is 19.1. The molecule has 0 fully saturated rings. The van der Waals surface area contributed by atoms with Gasteiger partial charge in [0.15, 0.2) is 0 Å². The Morgan fingerprint density at radius 2 is 0.812 bits per heavy atom. The highest BCUT2D eigenvalue weighted by atomic mass is 16.5. The standard InChI is InChI=1S/C42H68N2O4/c1-7-9-11-13-15-17-19-21-23-29-47-37-27-25-35(39(45)31-37)33-43-41(3,4)42(5,6)44-34-36-26-28-38(32-40(36)46)48-30-24-22-20-18-16-14-12-10-8-2/h25-28,31-34,45-46H,7-24,29-30H2,1-6H3. The minimum Gasteiger partial charge on any atom is -0.507 e. The minimum atomic E-state index is -0.588. The van der Waals surface area contributed by atoms with E-state index in [0.29, 0.717) is 35.8 Å². The van der Waals surface area contributed by atoms with E-state index in [-0.39, 0.29) is 11.5 Å². The Morgan fingerprint density at radius 1 is 0.500 bits per heavy atom. The van der Waals surface area contributed by atoms with Crippen molar-refractivity contribution in [3.63, 3.8) is 0 Å². The highest BCUT2D eigenvalue weighted by Crippen LogP contribution is 2.31. The van der Waals surface area contributed by atoms with Gasteiger partial charge in [0.05, 0.1) is 24.3 Å². The van der Waals surface area contributed by atoms with Crippen LogP contribution in [0.1, 0.15) is 168 Å². The number of aromatic hydroxyl groups is 2. The summed E-state index contributed by atoms with van der Waals surface area (Å²) in [6, 6.07) is 10.8. The third-order valence-electron chi connectivity index (χ3n) is 9.59. The van der Waals surface area contributed by atoms with Gasteiger partial charge in [0.25, 0.3) is 0 Å². The van der Waals surface area contributed by atoms with Crippen LogP contribution in [0.5, 0.6) is 23.0 Å². The second kappa shape index (κ2) is 23.4. The fraction of sp³-hybridized carbons (Fsp3) is 0.667. The lowest BCUT2D eigenvalue weighted by atomic mass is 9.83. The van der Waals surface area contributed by atoms with Gasteiger partial charge in [-0.05, 0) is 64.8 Å². The van der Waals surface area contributed by atoms with Crippen LogP contribution >= 0.6 is 0 Å². The zero-order valence-corrected chi connectivity index (χ0v) is 31.4. The lowest BCUT2D eigenvalue weighted by molar-refractivity contribution is 0.302. The summed E-state index contributed by atoms with van der Waals surface area (Å²) in [5.74, 6) is 1.64. The lowest BCUT2D eigenvalue weighted by Crippen LogP contribution is -2.42. The maximum atomic E-state index is 10.7. The second-order valence-electron chi connectivity index (χ2n) is 14.4. The van der Waals surface area contributed by atoms with E-state index < -0.39 is 11.1 Å². The van der Waals surface area contributed by atoms with E-state index in [2.05, 4.69) is 13.8 Å². The third kappa shape index (κ3) is 16.4. The van der Waals surface area contributed by atoms with Crippen LogP contribution in [-0.4, -0.2) is 46.9 Å². The molecule has 0 aliphatic heterocycles. The molecule has 0 aliphatic rings. The molecule has 0 saturated carbocycles. The largest absolute Gasteiger partial charge is 0.507 e. The Bertz CT molecular complexity index is 1110. The molecule has 270 valence electrons. The number of phenolic OH excluding ortho intramolecular Hbond substituents is 2. The van der Waals surface area contributed by atoms with E-state index in [1.807, 2.05) is 52.0 Å². The number of rotatable bonds is 27. The van der Waals surface area contributed by atoms with Crippen molar-refractivity contribution in [3.8, 4) is 23.0 Å². The molecule has 0 unspecified atom stereocenters. The topological polar surface area (TPSA) is 83.6 Å². The number of unbranched alkanes of at least 4 members (excludes halogenated alkanes) is 16. The predicted octanol–water partition coefficient (Wildman–Crippen LogP) is 12.0. The van der Waals surface area contributed by atoms with Gasteiger partial charge in [0.2, 0.25) is 0 Å². The summed E-state index contributed by atoms with van der Waals surface area (Å²) in [4.78, 5) is 9.64. The average molecular weight is 665 g/mol. The van der Waals surface area contributed by atoms with Gasteiger partial charge in [-0.25, -0.2) is 0 Å². The summed E-state index contributed by atoms with van der Waals surface area (Å²) in [5, 5.41) is 21.3. The summed E-state index contributed by atoms with van der Waals surface area (Å²) >= 11 is 0. The Balaban J connectivity index is 1.79. The van der Waals surface area contributed by atoms with Crippen molar-refractivity contribution >= 4 is 12.4 Å². The molecular weight excluding hydrogens is 596 g/mol. The van der Waals surface area contributed by atoms with Gasteiger partial charge >= 0.3 is 0 Å². The van der Waals surface area contributed by atoms with Crippen molar-refractivity contribution < 1.29 is 19.7 Å². The zero-order valence-electron chi connectivity index (χ0n) is 31.4. The summed E-state index contributed by atoms with van der Waals surface area (Å²) in [6.07, 6.45) is 26.4. The molecule has 0 saturated heterocycles. The van der Waals surface area contributed by atoms with Crippen LogP contribution in [-0.2, 0) is 0 Å². The first-order chi connectivity index (χ1) is 23.1. The predicted molar refractivity (Wildman–Crippen MR) is 205 cm³/mol. The number of benzene rings is 2. The normalized spacial score (nSPS) is 12.4. The van der Waals surface area contributed by atoms with Crippen molar-refractivity contribution in [1.29, 1.82) is 0 Å². The van der Waals surface area contributed by atoms with Crippen molar-refractivity contribution in [1.82, 2.24) is 0 Å². The van der Waals surface area contributed by atoms with Gasteiger partial charge in [-0.1, -0.05) is 117 Å². The SMILES string of the molecule is CCCCCCCCCCCOc1ccc(C=NC(C)(C)C(C)(C)N=Cc2ccc(OCCCCCCCCCCC)cc2O)c(O)c1. The molecular formula is C42H68N2O4. The third-order valence-corrected chi connectivity index (χ3v) is 9.59. The lowest BCUT2D eigenvalue weighted by Gasteiger charge is -2.35. The maximum absolute atomic E-state index is 10.7. The number of hydrogen-bond acceptors (Lipinski definition) is 6. The highest BCUT2D eigenvalue weighted by Gasteiger charge is 2.36. The van der Waals surface area contributed by atoms with Crippen LogP contribution in [0, 0.1) is 0 Å². The highest BCUT2D eigenvalue weighted by molar-refractivity contribution is 5.85. The van der Waals surface area contributed by atoms with Crippen LogP contribution in [0.3, 0.4) is 0 Å². The molecule has 48 heavy (non-hydrogen) atoms. The van der Waals surface area contributed by atoms with E-state index in [9.17, 15) is 10.2 Å². The van der Waals surface area contributed by atoms with Crippen LogP contribution in [0.4, 0.5) is 0 Å². The molecule has 0 aromatic heterocycles. The van der Waals surface area contributed by atoms with E-state index in [1.165, 1.54) is 103 Å². The van der Waals surface area contributed by atoms with E-state index >= 15 is 0 Å². The van der Waals surface area contributed by atoms with Crippen molar-refractivity contribution in [3.05, 3.63) is 47.5 Å². The van der Waals surface area contributed by atoms with Gasteiger partial charge in [0.1, 0.15) is 23.0 Å². The summed E-state index contributed by atoms with van der Waals surface area (Å²) in [7, 11) is 0. The molecule has 0 bridgehead atoms. The number of phenols is 2. The molecule has 0 aliphatic carbocycles. The average Bonchev–Trinajstić information content (AvgIpc) is 3.05. The number of ether oxygens (including phenoxy) is 2. The first kappa shape index (κ1) is 41.2. The van der Waals surface area contributed by atoms with Crippen LogP contribution in [0.2, 0.25) is 0 Å². The number of nitrogens with zero attached hydrogens (tertiary/aromatic N) is 2. The molecule has 2 aromatic carbocycles. The van der Waals surface area contributed by atoms with Gasteiger partial charge < -0.3 is 19.7 Å². The number of aliphatic imine (C=N–C) groups is 2. The monoisotopic (exact) mass is 665 g/mol. The molecule has 0 amide bonds. The molecule has 2 aromatic rings. The maximum Gasteiger partial charge on any atom is 0.128 e. The summed E-state index contributed by atoms with van der Waals surface area (Å²) in [6.45, 7) is 13.9. The van der Waals surface area contributed by atoms with Gasteiger partial charge in [-0.3, -0.25) is 9.98 Å². The molecule has 6 heteroatoms. The molecule has 0 heterocycles. The Morgan fingerprint density at radius 3 is 1.12 bits per heavy atom. The fourth-order valence-electron chi connectivity index (χ4n) is 5.43. The van der Waals surface area contributed by atoms with Crippen molar-refractivity contribution in [2.75, 3.05) is 13.2 Å². The number of hydrogen-bond donors (Lipinski definition) is 2. The molecule has 0 spiro atoms. The van der Waals surface area contributed by atoms with E-state index in [1.54, 1.807) is 24.6 Å². The summed E-state index contributed by atoms with van der Waals surface area (Å²) < 4.78 is 11.8. The van der Waals surface area contributed by atoms with Gasteiger partial charge in [0, 0.05) is 35.7 Å². The molecule has 6 nitrogen and oxygen atoms in total. The fourth-order valence-corrected chi connectivity index (χ4v) is 5.43. The minimum absolute atomic E-state index is 0.144. The van der Waals surface area contributed by atoms with E-state index in [4.69, 9.17) is 19.5 Å². The molecule has 2 rings (SSSR count). The van der Waals surface area contributed by atoms with Crippen LogP contribution in [0.15, 0.2) is 46.4 Å². The Hall–Kier alpha value is -3.02. The van der Waals surface area contributed by atoms with Crippen LogP contribution in [0.25, 0.3) is 0 Å². The van der Waals surface area contributed by atoms with Gasteiger partial charge in [-0.2, -0.15) is 0 Å².